The number of nitrogens with zero attached hydrogens (tertiary/aromatic N) is 1. The molecule has 0 radical (unpaired) electrons. The number of hydrogen-bond donors (Lipinski definition) is 1. The van der Waals surface area contributed by atoms with Crippen molar-refractivity contribution in [2.45, 2.75) is 18.2 Å². The van der Waals surface area contributed by atoms with Gasteiger partial charge in [-0.05, 0) is 37.1 Å². The summed E-state index contributed by atoms with van der Waals surface area (Å²) in [4.78, 5) is 13.8. The number of nitrogens with one attached hydrogen (secondary N) is 1. The second-order valence-electron chi connectivity index (χ2n) is 5.25. The molecule has 0 saturated heterocycles. The lowest BCUT2D eigenvalue weighted by Gasteiger charge is -2.18. The number of aryl methyl sites for hydroxylation is 1. The minimum atomic E-state index is -3.86. The van der Waals surface area contributed by atoms with E-state index < -0.39 is 16.1 Å². The first kappa shape index (κ1) is 14.6. The van der Waals surface area contributed by atoms with Gasteiger partial charge in [0.25, 0.3) is 10.0 Å². The van der Waals surface area contributed by atoms with Crippen LogP contribution in [0.5, 0.6) is 0 Å². The Hall–Kier alpha value is -2.34. The Morgan fingerprint density at radius 2 is 1.77 bits per heavy atom. The minimum Gasteiger partial charge on any atom is -0.293 e. The highest BCUT2D eigenvalue weighted by Gasteiger charge is 2.27. The van der Waals surface area contributed by atoms with Gasteiger partial charge in [0.05, 0.1) is 4.90 Å². The Kier molecular flexibility index (Phi) is 3.62. The molecule has 0 atom stereocenters. The Morgan fingerprint density at radius 3 is 2.50 bits per heavy atom. The van der Waals surface area contributed by atoms with Crippen molar-refractivity contribution in [3.8, 4) is 0 Å². The van der Waals surface area contributed by atoms with Crippen LogP contribution in [0.1, 0.15) is 11.1 Å². The third-order valence-corrected chi connectivity index (χ3v) is 5.02. The largest absolute Gasteiger partial charge is 0.335 e. The topological polar surface area (TPSA) is 66.5 Å². The number of rotatable bonds is 2. The molecule has 5 nitrogen and oxygen atoms in total. The SMILES string of the molecule is Cc1ccc(S(=O)(=O)NC(=O)N2CCc3ccccc32)cc1. The van der Waals surface area contributed by atoms with Gasteiger partial charge in [0.1, 0.15) is 0 Å². The standard InChI is InChI=1S/C16H16N2O3S/c1-12-6-8-14(9-7-12)22(20,21)17-16(19)18-11-10-13-4-2-3-5-15(13)18/h2-9H,10-11H2,1H3,(H,17,19). The molecule has 2 aromatic carbocycles. The van der Waals surface area contributed by atoms with Crippen LogP contribution in [0.2, 0.25) is 0 Å². The number of benzene rings is 2. The number of carbonyl (C=O) groups is 1. The molecular formula is C16H16N2O3S. The van der Waals surface area contributed by atoms with E-state index in [1.807, 2.05) is 31.2 Å². The molecular weight excluding hydrogens is 300 g/mol. The Morgan fingerprint density at radius 1 is 1.09 bits per heavy atom. The van der Waals surface area contributed by atoms with Crippen LogP contribution in [0.15, 0.2) is 53.4 Å². The summed E-state index contributed by atoms with van der Waals surface area (Å²) in [5.41, 5.74) is 2.77. The summed E-state index contributed by atoms with van der Waals surface area (Å²) >= 11 is 0. The van der Waals surface area contributed by atoms with E-state index in [2.05, 4.69) is 4.72 Å². The normalized spacial score (nSPS) is 13.8. The number of urea groups is 1. The van der Waals surface area contributed by atoms with Gasteiger partial charge in [-0.15, -0.1) is 0 Å². The lowest BCUT2D eigenvalue weighted by atomic mass is 10.2. The van der Waals surface area contributed by atoms with Gasteiger partial charge in [0.2, 0.25) is 0 Å². The Balaban J connectivity index is 1.81. The van der Waals surface area contributed by atoms with Gasteiger partial charge < -0.3 is 0 Å². The maximum absolute atomic E-state index is 12.3. The number of para-hydroxylation sites is 1. The fourth-order valence-corrected chi connectivity index (χ4v) is 3.45. The molecule has 2 amide bonds. The van der Waals surface area contributed by atoms with Gasteiger partial charge in [0, 0.05) is 12.2 Å². The van der Waals surface area contributed by atoms with E-state index in [-0.39, 0.29) is 4.90 Å². The van der Waals surface area contributed by atoms with Crippen LogP contribution in [-0.2, 0) is 16.4 Å². The first-order valence-electron chi connectivity index (χ1n) is 6.96. The molecule has 0 aromatic heterocycles. The fourth-order valence-electron chi connectivity index (χ4n) is 2.50. The first-order valence-corrected chi connectivity index (χ1v) is 8.44. The van der Waals surface area contributed by atoms with Gasteiger partial charge in [-0.25, -0.2) is 17.9 Å². The van der Waals surface area contributed by atoms with Crippen molar-refractivity contribution < 1.29 is 13.2 Å². The summed E-state index contributed by atoms with van der Waals surface area (Å²) in [5, 5.41) is 0. The summed E-state index contributed by atoms with van der Waals surface area (Å²) < 4.78 is 26.7. The van der Waals surface area contributed by atoms with E-state index in [0.717, 1.165) is 23.2 Å². The zero-order chi connectivity index (χ0) is 15.7. The van der Waals surface area contributed by atoms with E-state index in [0.29, 0.717) is 6.54 Å². The third kappa shape index (κ3) is 2.69. The summed E-state index contributed by atoms with van der Waals surface area (Å²) in [5.74, 6) is 0. The number of amides is 2. The molecule has 3 rings (SSSR count). The molecule has 22 heavy (non-hydrogen) atoms. The van der Waals surface area contributed by atoms with Crippen LogP contribution in [0.25, 0.3) is 0 Å². The summed E-state index contributed by atoms with van der Waals surface area (Å²) in [6.45, 7) is 2.35. The summed E-state index contributed by atoms with van der Waals surface area (Å²) in [6.07, 6.45) is 0.730. The van der Waals surface area contributed by atoms with Gasteiger partial charge in [-0.3, -0.25) is 4.90 Å². The van der Waals surface area contributed by atoms with Crippen molar-refractivity contribution in [1.29, 1.82) is 0 Å². The van der Waals surface area contributed by atoms with Gasteiger partial charge in [-0.2, -0.15) is 0 Å². The molecule has 0 saturated carbocycles. The van der Waals surface area contributed by atoms with Gasteiger partial charge in [0.15, 0.2) is 0 Å². The second kappa shape index (κ2) is 5.46. The zero-order valence-electron chi connectivity index (χ0n) is 12.1. The lowest BCUT2D eigenvalue weighted by Crippen LogP contribution is -2.42. The van der Waals surface area contributed by atoms with Gasteiger partial charge >= 0.3 is 6.03 Å². The third-order valence-electron chi connectivity index (χ3n) is 3.69. The minimum absolute atomic E-state index is 0.0823. The van der Waals surface area contributed by atoms with Gasteiger partial charge in [-0.1, -0.05) is 35.9 Å². The van der Waals surface area contributed by atoms with Crippen molar-refractivity contribution >= 4 is 21.7 Å². The number of anilines is 1. The molecule has 1 aliphatic rings. The average Bonchev–Trinajstić information content (AvgIpc) is 2.91. The maximum atomic E-state index is 12.3. The predicted octanol–water partition coefficient (Wildman–Crippen LogP) is 2.46. The first-order chi connectivity index (χ1) is 10.5. The highest BCUT2D eigenvalue weighted by Crippen LogP contribution is 2.27. The molecule has 114 valence electrons. The molecule has 0 aliphatic carbocycles. The summed E-state index contributed by atoms with van der Waals surface area (Å²) in [7, 11) is -3.86. The van der Waals surface area contributed by atoms with Crippen molar-refractivity contribution in [1.82, 2.24) is 4.72 Å². The molecule has 1 heterocycles. The Labute approximate surface area is 129 Å². The highest BCUT2D eigenvalue weighted by atomic mass is 32.2. The van der Waals surface area contributed by atoms with E-state index >= 15 is 0 Å². The van der Waals surface area contributed by atoms with E-state index in [1.54, 1.807) is 12.1 Å². The second-order valence-corrected chi connectivity index (χ2v) is 6.94. The Bertz CT molecular complexity index is 814. The molecule has 6 heteroatoms. The molecule has 0 fully saturated rings. The molecule has 0 spiro atoms. The predicted molar refractivity (Wildman–Crippen MR) is 84.4 cm³/mol. The van der Waals surface area contributed by atoms with Crippen molar-refractivity contribution in [2.75, 3.05) is 11.4 Å². The molecule has 1 N–H and O–H groups in total. The average molecular weight is 316 g/mol. The maximum Gasteiger partial charge on any atom is 0.335 e. The van der Waals surface area contributed by atoms with E-state index in [9.17, 15) is 13.2 Å². The monoisotopic (exact) mass is 316 g/mol. The zero-order valence-corrected chi connectivity index (χ0v) is 12.9. The molecule has 0 bridgehead atoms. The number of hydrogen-bond acceptors (Lipinski definition) is 3. The quantitative estimate of drug-likeness (QED) is 0.925. The van der Waals surface area contributed by atoms with Crippen molar-refractivity contribution in [3.05, 3.63) is 59.7 Å². The molecule has 2 aromatic rings. The van der Waals surface area contributed by atoms with Crippen LogP contribution in [0.4, 0.5) is 10.5 Å². The van der Waals surface area contributed by atoms with Crippen molar-refractivity contribution in [2.24, 2.45) is 0 Å². The van der Waals surface area contributed by atoms with E-state index in [4.69, 9.17) is 0 Å². The van der Waals surface area contributed by atoms with E-state index in [1.165, 1.54) is 17.0 Å². The summed E-state index contributed by atoms with van der Waals surface area (Å²) in [6, 6.07) is 13.3. The lowest BCUT2D eigenvalue weighted by molar-refractivity contribution is 0.251. The number of fused-ring (bicyclic) bond motifs is 1. The number of sulfonamides is 1. The van der Waals surface area contributed by atoms with Crippen LogP contribution in [-0.4, -0.2) is 21.0 Å². The van der Waals surface area contributed by atoms with Crippen LogP contribution in [0, 0.1) is 6.92 Å². The van der Waals surface area contributed by atoms with Crippen molar-refractivity contribution in [3.63, 3.8) is 0 Å². The smallest absolute Gasteiger partial charge is 0.293 e. The van der Waals surface area contributed by atoms with Crippen LogP contribution < -0.4 is 9.62 Å². The van der Waals surface area contributed by atoms with Crippen LogP contribution >= 0.6 is 0 Å². The fraction of sp³-hybridized carbons (Fsp3) is 0.188. The molecule has 0 unspecified atom stereocenters. The molecule has 1 aliphatic heterocycles. The highest BCUT2D eigenvalue weighted by molar-refractivity contribution is 7.90. The number of carbonyl (C=O) groups excluding carboxylic acids is 1. The van der Waals surface area contributed by atoms with Crippen LogP contribution in [0.3, 0.4) is 0 Å².